The van der Waals surface area contributed by atoms with Crippen LogP contribution in [0.4, 0.5) is 5.69 Å². The molecule has 0 atom stereocenters. The zero-order chi connectivity index (χ0) is 14.9. The molecule has 0 fully saturated rings. The molecule has 6 heteroatoms. The van der Waals surface area contributed by atoms with Gasteiger partial charge in [0.2, 0.25) is 0 Å². The molecular formula is C14H15Cl3N2O. The molecule has 0 aromatic heterocycles. The second kappa shape index (κ2) is 5.84. The Hall–Kier alpha value is -0.900. The van der Waals surface area contributed by atoms with Crippen LogP contribution in [0.2, 0.25) is 15.1 Å². The Morgan fingerprint density at radius 3 is 2.20 bits per heavy atom. The largest absolute Gasteiger partial charge is 0.305 e. The van der Waals surface area contributed by atoms with Crippen molar-refractivity contribution in [3.63, 3.8) is 0 Å². The van der Waals surface area contributed by atoms with Gasteiger partial charge in [0.25, 0.3) is 0 Å². The molecular weight excluding hydrogens is 319 g/mol. The first-order valence-corrected chi connectivity index (χ1v) is 7.30. The first-order valence-electron chi connectivity index (χ1n) is 6.17. The van der Waals surface area contributed by atoms with E-state index in [1.807, 2.05) is 0 Å². The van der Waals surface area contributed by atoms with Crippen LogP contribution in [0.25, 0.3) is 0 Å². The summed E-state index contributed by atoms with van der Waals surface area (Å²) in [4.78, 5) is 11.7. The standard InChI is InChI=1S/C14H15Cl3N2O/c1-14(2)6-9(5-10(20)7-14)18-19-13-11(16)3-8(15)4-12(13)17/h3-5,18-19H,6-7H2,1-2H3. The van der Waals surface area contributed by atoms with E-state index in [0.29, 0.717) is 27.2 Å². The van der Waals surface area contributed by atoms with Crippen LogP contribution < -0.4 is 10.9 Å². The number of hydrogen-bond donors (Lipinski definition) is 2. The van der Waals surface area contributed by atoms with Gasteiger partial charge in [-0.2, -0.15) is 0 Å². The van der Waals surface area contributed by atoms with Gasteiger partial charge in [0.05, 0.1) is 15.7 Å². The van der Waals surface area contributed by atoms with Crippen molar-refractivity contribution in [2.75, 3.05) is 5.43 Å². The van der Waals surface area contributed by atoms with Gasteiger partial charge in [-0.3, -0.25) is 10.2 Å². The molecule has 0 saturated heterocycles. The van der Waals surface area contributed by atoms with Gasteiger partial charge >= 0.3 is 0 Å². The summed E-state index contributed by atoms with van der Waals surface area (Å²) in [5, 5.41) is 1.30. The van der Waals surface area contributed by atoms with Crippen LogP contribution in [0.3, 0.4) is 0 Å². The topological polar surface area (TPSA) is 41.1 Å². The summed E-state index contributed by atoms with van der Waals surface area (Å²) in [5.41, 5.74) is 7.24. The fourth-order valence-electron chi connectivity index (χ4n) is 2.23. The predicted octanol–water partition coefficient (Wildman–Crippen LogP) is 4.84. The zero-order valence-corrected chi connectivity index (χ0v) is 13.5. The number of hydrogen-bond acceptors (Lipinski definition) is 3. The summed E-state index contributed by atoms with van der Waals surface area (Å²) in [6.45, 7) is 4.11. The molecule has 1 aromatic carbocycles. The van der Waals surface area contributed by atoms with Crippen molar-refractivity contribution in [1.82, 2.24) is 5.43 Å². The van der Waals surface area contributed by atoms with Crippen molar-refractivity contribution >= 4 is 46.3 Å². The molecule has 108 valence electrons. The Labute approximate surface area is 133 Å². The third kappa shape index (κ3) is 3.81. The van der Waals surface area contributed by atoms with Crippen molar-refractivity contribution in [2.45, 2.75) is 26.7 Å². The SMILES string of the molecule is CC1(C)CC(=O)C=C(NNc2c(Cl)cc(Cl)cc2Cl)C1. The Morgan fingerprint density at radius 2 is 1.65 bits per heavy atom. The number of ketones is 1. The minimum atomic E-state index is -0.0522. The van der Waals surface area contributed by atoms with Crippen LogP contribution in [0.5, 0.6) is 0 Å². The van der Waals surface area contributed by atoms with Crippen molar-refractivity contribution in [3.05, 3.63) is 39.0 Å². The van der Waals surface area contributed by atoms with E-state index in [1.54, 1.807) is 18.2 Å². The van der Waals surface area contributed by atoms with Gasteiger partial charge in [-0.15, -0.1) is 0 Å². The van der Waals surface area contributed by atoms with Gasteiger partial charge in [0, 0.05) is 23.2 Å². The first-order chi connectivity index (χ1) is 9.27. The molecule has 0 radical (unpaired) electrons. The molecule has 0 spiro atoms. The third-order valence-corrected chi connectivity index (χ3v) is 3.83. The van der Waals surface area contributed by atoms with Gasteiger partial charge < -0.3 is 5.43 Å². The smallest absolute Gasteiger partial charge is 0.158 e. The quantitative estimate of drug-likeness (QED) is 0.778. The highest BCUT2D eigenvalue weighted by Crippen LogP contribution is 2.35. The van der Waals surface area contributed by atoms with Gasteiger partial charge in [-0.1, -0.05) is 48.7 Å². The van der Waals surface area contributed by atoms with Crippen LogP contribution >= 0.6 is 34.8 Å². The molecule has 0 unspecified atom stereocenters. The lowest BCUT2D eigenvalue weighted by Crippen LogP contribution is -2.30. The van der Waals surface area contributed by atoms with E-state index in [-0.39, 0.29) is 11.2 Å². The molecule has 1 aliphatic carbocycles. The predicted molar refractivity (Wildman–Crippen MR) is 84.3 cm³/mol. The normalized spacial score (nSPS) is 17.6. The van der Waals surface area contributed by atoms with Crippen molar-refractivity contribution in [1.29, 1.82) is 0 Å². The van der Waals surface area contributed by atoms with Gasteiger partial charge in [-0.05, 0) is 24.0 Å². The fourth-order valence-corrected chi connectivity index (χ4v) is 3.14. The molecule has 2 rings (SSSR count). The highest BCUT2D eigenvalue weighted by Gasteiger charge is 2.27. The number of benzene rings is 1. The molecule has 3 nitrogen and oxygen atoms in total. The Balaban J connectivity index is 2.12. The molecule has 0 amide bonds. The van der Waals surface area contributed by atoms with E-state index in [1.165, 1.54) is 0 Å². The Bertz CT molecular complexity index is 559. The lowest BCUT2D eigenvalue weighted by atomic mass is 9.79. The minimum Gasteiger partial charge on any atom is -0.305 e. The van der Waals surface area contributed by atoms with Gasteiger partial charge in [-0.25, -0.2) is 0 Å². The van der Waals surface area contributed by atoms with E-state index in [4.69, 9.17) is 34.8 Å². The minimum absolute atomic E-state index is 0.0522. The zero-order valence-electron chi connectivity index (χ0n) is 11.2. The highest BCUT2D eigenvalue weighted by molar-refractivity contribution is 6.41. The van der Waals surface area contributed by atoms with Crippen LogP contribution in [0, 0.1) is 5.41 Å². The lowest BCUT2D eigenvalue weighted by molar-refractivity contribution is -0.117. The number of anilines is 1. The summed E-state index contributed by atoms with van der Waals surface area (Å²) in [7, 11) is 0. The fraction of sp³-hybridized carbons (Fsp3) is 0.357. The van der Waals surface area contributed by atoms with Crippen molar-refractivity contribution < 1.29 is 4.79 Å². The summed E-state index contributed by atoms with van der Waals surface area (Å²) in [5.74, 6) is 0.110. The number of halogens is 3. The van der Waals surface area contributed by atoms with Crippen molar-refractivity contribution in [3.8, 4) is 0 Å². The van der Waals surface area contributed by atoms with Gasteiger partial charge in [0.1, 0.15) is 0 Å². The van der Waals surface area contributed by atoms with Crippen LogP contribution in [0.15, 0.2) is 23.9 Å². The average molecular weight is 334 g/mol. The van der Waals surface area contributed by atoms with E-state index in [0.717, 1.165) is 12.1 Å². The first kappa shape index (κ1) is 15.5. The molecule has 2 N–H and O–H groups in total. The third-order valence-electron chi connectivity index (χ3n) is 3.01. The second-order valence-corrected chi connectivity index (χ2v) is 6.90. The number of nitrogens with one attached hydrogen (secondary N) is 2. The van der Waals surface area contributed by atoms with E-state index >= 15 is 0 Å². The molecule has 0 aliphatic heterocycles. The lowest BCUT2D eigenvalue weighted by Gasteiger charge is -2.29. The molecule has 0 heterocycles. The maximum absolute atomic E-state index is 11.7. The summed E-state index contributed by atoms with van der Waals surface area (Å²) >= 11 is 18.0. The number of carbonyl (C=O) groups is 1. The Kier molecular flexibility index (Phi) is 4.52. The van der Waals surface area contributed by atoms with Crippen LogP contribution in [-0.4, -0.2) is 5.78 Å². The van der Waals surface area contributed by atoms with E-state index < -0.39 is 0 Å². The molecule has 0 saturated carbocycles. The van der Waals surface area contributed by atoms with Crippen molar-refractivity contribution in [2.24, 2.45) is 5.41 Å². The van der Waals surface area contributed by atoms with E-state index in [9.17, 15) is 4.79 Å². The summed E-state index contributed by atoms with van der Waals surface area (Å²) in [6, 6.07) is 3.20. The van der Waals surface area contributed by atoms with Crippen LogP contribution in [-0.2, 0) is 4.79 Å². The molecule has 0 bridgehead atoms. The number of carbonyl (C=O) groups excluding carboxylic acids is 1. The second-order valence-electron chi connectivity index (χ2n) is 5.65. The number of rotatable bonds is 3. The Morgan fingerprint density at radius 1 is 1.05 bits per heavy atom. The van der Waals surface area contributed by atoms with Gasteiger partial charge in [0.15, 0.2) is 5.78 Å². The van der Waals surface area contributed by atoms with E-state index in [2.05, 4.69) is 24.7 Å². The highest BCUT2D eigenvalue weighted by atomic mass is 35.5. The van der Waals surface area contributed by atoms with Crippen LogP contribution in [0.1, 0.15) is 26.7 Å². The number of allylic oxidation sites excluding steroid dienone is 2. The monoisotopic (exact) mass is 332 g/mol. The molecule has 20 heavy (non-hydrogen) atoms. The maximum Gasteiger partial charge on any atom is 0.158 e. The average Bonchev–Trinajstić information content (AvgIpc) is 2.24. The molecule has 1 aliphatic rings. The maximum atomic E-state index is 11.7. The summed E-state index contributed by atoms with van der Waals surface area (Å²) < 4.78 is 0. The number of hydrazine groups is 1. The summed E-state index contributed by atoms with van der Waals surface area (Å²) in [6.07, 6.45) is 2.94. The molecule has 1 aromatic rings.